The van der Waals surface area contributed by atoms with Crippen molar-refractivity contribution in [2.75, 3.05) is 18.5 Å². The Labute approximate surface area is 133 Å². The lowest BCUT2D eigenvalue weighted by atomic mass is 9.87. The van der Waals surface area contributed by atoms with E-state index in [4.69, 9.17) is 9.15 Å². The maximum absolute atomic E-state index is 12.3. The standard InChI is InChI=1S/C15H19N3O3S/c1-9-3-4-12(21-9)13-16-15(22-18-13)17-14(19)10(2)11-5-7-20-8-6-11/h3-4,10-11H,5-8H2,1-2H3,(H,16,17,18,19). The summed E-state index contributed by atoms with van der Waals surface area (Å²) in [4.78, 5) is 16.6. The Kier molecular flexibility index (Phi) is 4.54. The van der Waals surface area contributed by atoms with Crippen LogP contribution in [-0.2, 0) is 9.53 Å². The zero-order chi connectivity index (χ0) is 15.5. The van der Waals surface area contributed by atoms with Gasteiger partial charge in [0.05, 0.1) is 0 Å². The normalized spacial score (nSPS) is 17.4. The van der Waals surface area contributed by atoms with Gasteiger partial charge in [0.2, 0.25) is 16.9 Å². The van der Waals surface area contributed by atoms with Crippen molar-refractivity contribution in [3.8, 4) is 11.6 Å². The average molecular weight is 321 g/mol. The van der Waals surface area contributed by atoms with Crippen molar-refractivity contribution in [3.05, 3.63) is 17.9 Å². The van der Waals surface area contributed by atoms with Gasteiger partial charge >= 0.3 is 0 Å². The van der Waals surface area contributed by atoms with Crippen LogP contribution in [0.25, 0.3) is 11.6 Å². The number of aromatic nitrogens is 2. The molecule has 3 heterocycles. The molecule has 1 N–H and O–H groups in total. The molecule has 1 unspecified atom stereocenters. The third-order valence-electron chi connectivity index (χ3n) is 4.00. The maximum atomic E-state index is 12.3. The van der Waals surface area contributed by atoms with E-state index in [1.165, 1.54) is 11.5 Å². The average Bonchev–Trinajstić information content (AvgIpc) is 3.16. The van der Waals surface area contributed by atoms with E-state index in [1.54, 1.807) is 0 Å². The van der Waals surface area contributed by atoms with Gasteiger partial charge in [0.25, 0.3) is 0 Å². The predicted octanol–water partition coefficient (Wildman–Crippen LogP) is 3.11. The first-order valence-corrected chi connectivity index (χ1v) is 8.20. The molecule has 3 rings (SSSR count). The van der Waals surface area contributed by atoms with Crippen molar-refractivity contribution in [2.45, 2.75) is 26.7 Å². The molecule has 1 saturated heterocycles. The third-order valence-corrected chi connectivity index (χ3v) is 4.63. The van der Waals surface area contributed by atoms with Gasteiger partial charge in [-0.2, -0.15) is 9.36 Å². The molecule has 0 spiro atoms. The summed E-state index contributed by atoms with van der Waals surface area (Å²) in [7, 11) is 0. The second-order valence-electron chi connectivity index (χ2n) is 5.56. The van der Waals surface area contributed by atoms with Crippen molar-refractivity contribution in [1.29, 1.82) is 0 Å². The molecule has 1 amide bonds. The van der Waals surface area contributed by atoms with Crippen molar-refractivity contribution in [3.63, 3.8) is 0 Å². The molecule has 0 aromatic carbocycles. The van der Waals surface area contributed by atoms with Gasteiger partial charge in [0, 0.05) is 30.7 Å². The molecular weight excluding hydrogens is 302 g/mol. The largest absolute Gasteiger partial charge is 0.458 e. The topological polar surface area (TPSA) is 77.2 Å². The highest BCUT2D eigenvalue weighted by Crippen LogP contribution is 2.26. The van der Waals surface area contributed by atoms with Crippen LogP contribution < -0.4 is 5.32 Å². The number of furan rings is 1. The highest BCUT2D eigenvalue weighted by Gasteiger charge is 2.26. The van der Waals surface area contributed by atoms with E-state index in [1.807, 2.05) is 26.0 Å². The van der Waals surface area contributed by atoms with Crippen molar-refractivity contribution >= 4 is 22.6 Å². The van der Waals surface area contributed by atoms with Crippen LogP contribution in [0, 0.1) is 18.8 Å². The number of ether oxygens (including phenoxy) is 1. The number of hydrogen-bond donors (Lipinski definition) is 1. The fourth-order valence-corrected chi connectivity index (χ4v) is 3.16. The molecule has 0 saturated carbocycles. The monoisotopic (exact) mass is 321 g/mol. The number of amides is 1. The second-order valence-corrected chi connectivity index (χ2v) is 6.31. The minimum absolute atomic E-state index is 0.00905. The summed E-state index contributed by atoms with van der Waals surface area (Å²) in [5.74, 6) is 2.24. The molecule has 1 atom stereocenters. The Morgan fingerprint density at radius 3 is 2.86 bits per heavy atom. The summed E-state index contributed by atoms with van der Waals surface area (Å²) in [5.41, 5.74) is 0. The quantitative estimate of drug-likeness (QED) is 0.936. The van der Waals surface area contributed by atoms with Crippen molar-refractivity contribution in [1.82, 2.24) is 9.36 Å². The Morgan fingerprint density at radius 1 is 1.41 bits per heavy atom. The number of carbonyl (C=O) groups excluding carboxylic acids is 1. The number of hydrogen-bond acceptors (Lipinski definition) is 6. The van der Waals surface area contributed by atoms with Gasteiger partial charge in [-0.25, -0.2) is 0 Å². The number of carbonyl (C=O) groups is 1. The lowest BCUT2D eigenvalue weighted by Crippen LogP contribution is -2.30. The van der Waals surface area contributed by atoms with Gasteiger partial charge < -0.3 is 14.5 Å². The zero-order valence-electron chi connectivity index (χ0n) is 12.7. The number of rotatable bonds is 4. The molecule has 118 valence electrons. The summed E-state index contributed by atoms with van der Waals surface area (Å²) in [6.07, 6.45) is 1.86. The molecule has 22 heavy (non-hydrogen) atoms. The van der Waals surface area contributed by atoms with E-state index in [2.05, 4.69) is 14.7 Å². The Hall–Kier alpha value is -1.73. The lowest BCUT2D eigenvalue weighted by Gasteiger charge is -2.26. The smallest absolute Gasteiger partial charge is 0.229 e. The minimum Gasteiger partial charge on any atom is -0.458 e. The molecule has 2 aromatic rings. The Bertz CT molecular complexity index is 646. The number of anilines is 1. The molecule has 2 aromatic heterocycles. The van der Waals surface area contributed by atoms with Gasteiger partial charge in [0.1, 0.15) is 5.76 Å². The summed E-state index contributed by atoms with van der Waals surface area (Å²) in [6, 6.07) is 3.69. The first-order chi connectivity index (χ1) is 10.6. The number of nitrogens with one attached hydrogen (secondary N) is 1. The summed E-state index contributed by atoms with van der Waals surface area (Å²) < 4.78 is 15.1. The lowest BCUT2D eigenvalue weighted by molar-refractivity contribution is -0.122. The first kappa shape index (κ1) is 15.2. The minimum atomic E-state index is -0.0536. The van der Waals surface area contributed by atoms with Crippen LogP contribution in [0.3, 0.4) is 0 Å². The van der Waals surface area contributed by atoms with Gasteiger partial charge in [-0.15, -0.1) is 0 Å². The summed E-state index contributed by atoms with van der Waals surface area (Å²) in [5, 5.41) is 3.37. The van der Waals surface area contributed by atoms with Crippen molar-refractivity contribution < 1.29 is 13.9 Å². The fraction of sp³-hybridized carbons (Fsp3) is 0.533. The highest BCUT2D eigenvalue weighted by atomic mass is 32.1. The molecule has 7 heteroatoms. The molecule has 1 aliphatic heterocycles. The molecule has 0 radical (unpaired) electrons. The van der Waals surface area contributed by atoms with Gasteiger partial charge in [-0.1, -0.05) is 6.92 Å². The number of aryl methyl sites for hydroxylation is 1. The van der Waals surface area contributed by atoms with Crippen LogP contribution >= 0.6 is 11.5 Å². The molecule has 6 nitrogen and oxygen atoms in total. The van der Waals surface area contributed by atoms with Crippen LogP contribution in [-0.4, -0.2) is 28.5 Å². The molecular formula is C15H19N3O3S. The summed E-state index contributed by atoms with van der Waals surface area (Å²) >= 11 is 1.17. The highest BCUT2D eigenvalue weighted by molar-refractivity contribution is 7.10. The molecule has 1 fully saturated rings. The summed E-state index contributed by atoms with van der Waals surface area (Å²) in [6.45, 7) is 5.31. The van der Waals surface area contributed by atoms with Gasteiger partial charge in [-0.3, -0.25) is 4.79 Å². The van der Waals surface area contributed by atoms with Crippen LogP contribution in [0.15, 0.2) is 16.5 Å². The van der Waals surface area contributed by atoms with E-state index in [0.717, 1.165) is 31.8 Å². The Balaban J connectivity index is 1.63. The van der Waals surface area contributed by atoms with Crippen LogP contribution in [0.2, 0.25) is 0 Å². The fourth-order valence-electron chi connectivity index (χ4n) is 2.58. The molecule has 0 aliphatic carbocycles. The van der Waals surface area contributed by atoms with E-state index in [9.17, 15) is 4.79 Å². The predicted molar refractivity (Wildman–Crippen MR) is 83.7 cm³/mol. The molecule has 1 aliphatic rings. The Morgan fingerprint density at radius 2 is 2.18 bits per heavy atom. The van der Waals surface area contributed by atoms with E-state index in [0.29, 0.717) is 22.6 Å². The van der Waals surface area contributed by atoms with Crippen LogP contribution in [0.1, 0.15) is 25.5 Å². The van der Waals surface area contributed by atoms with E-state index >= 15 is 0 Å². The maximum Gasteiger partial charge on any atom is 0.229 e. The van der Waals surface area contributed by atoms with Gasteiger partial charge in [0.15, 0.2) is 5.76 Å². The number of nitrogens with zero attached hydrogens (tertiary/aromatic N) is 2. The van der Waals surface area contributed by atoms with E-state index < -0.39 is 0 Å². The third kappa shape index (κ3) is 3.36. The van der Waals surface area contributed by atoms with Crippen LogP contribution in [0.4, 0.5) is 5.13 Å². The van der Waals surface area contributed by atoms with Crippen molar-refractivity contribution in [2.24, 2.45) is 11.8 Å². The van der Waals surface area contributed by atoms with E-state index in [-0.39, 0.29) is 11.8 Å². The molecule has 0 bridgehead atoms. The SMILES string of the molecule is Cc1ccc(-c2nsc(NC(=O)C(C)C3CCOCC3)n2)o1. The zero-order valence-corrected chi connectivity index (χ0v) is 13.5. The second kappa shape index (κ2) is 6.58. The first-order valence-electron chi connectivity index (χ1n) is 7.42. The van der Waals surface area contributed by atoms with Crippen LogP contribution in [0.5, 0.6) is 0 Å². The van der Waals surface area contributed by atoms with Gasteiger partial charge in [-0.05, 0) is 37.8 Å².